The van der Waals surface area contributed by atoms with E-state index in [1.54, 1.807) is 12.1 Å². The highest BCUT2D eigenvalue weighted by Crippen LogP contribution is 2.18. The van der Waals surface area contributed by atoms with E-state index in [4.69, 9.17) is 0 Å². The van der Waals surface area contributed by atoms with Crippen LogP contribution in [-0.2, 0) is 0 Å². The zero-order chi connectivity index (χ0) is 13.7. The van der Waals surface area contributed by atoms with E-state index in [-0.39, 0.29) is 6.04 Å². The Morgan fingerprint density at radius 3 is 2.11 bits per heavy atom. The van der Waals surface area contributed by atoms with Crippen molar-refractivity contribution in [1.29, 1.82) is 0 Å². The van der Waals surface area contributed by atoms with E-state index >= 15 is 0 Å². The number of aromatic hydroxyl groups is 1. The van der Waals surface area contributed by atoms with Crippen LogP contribution in [0.15, 0.2) is 24.3 Å². The van der Waals surface area contributed by atoms with E-state index in [0.717, 1.165) is 6.54 Å². The van der Waals surface area contributed by atoms with Gasteiger partial charge >= 0.3 is 0 Å². The number of benzene rings is 1. The molecular weight excluding hydrogens is 224 g/mol. The van der Waals surface area contributed by atoms with Crippen LogP contribution in [-0.4, -0.2) is 36.7 Å². The Morgan fingerprint density at radius 1 is 1.11 bits per heavy atom. The second-order valence-corrected chi connectivity index (χ2v) is 5.59. The molecule has 0 fully saturated rings. The maximum Gasteiger partial charge on any atom is 0.115 e. The van der Waals surface area contributed by atoms with Crippen molar-refractivity contribution in [2.24, 2.45) is 5.92 Å². The monoisotopic (exact) mass is 250 g/mol. The summed E-state index contributed by atoms with van der Waals surface area (Å²) < 4.78 is 0. The van der Waals surface area contributed by atoms with Crippen molar-refractivity contribution in [1.82, 2.24) is 10.2 Å². The minimum absolute atomic E-state index is 0.290. The van der Waals surface area contributed by atoms with Gasteiger partial charge in [0.15, 0.2) is 0 Å². The first kappa shape index (κ1) is 15.0. The maximum absolute atomic E-state index is 9.30. The van der Waals surface area contributed by atoms with Gasteiger partial charge in [-0.1, -0.05) is 26.0 Å². The Hall–Kier alpha value is -1.06. The average molecular weight is 250 g/mol. The number of hydrogen-bond donors (Lipinski definition) is 2. The summed E-state index contributed by atoms with van der Waals surface area (Å²) >= 11 is 0. The van der Waals surface area contributed by atoms with Crippen LogP contribution in [0.4, 0.5) is 0 Å². The van der Waals surface area contributed by atoms with Crippen molar-refractivity contribution in [3.63, 3.8) is 0 Å². The molecule has 0 radical (unpaired) electrons. The molecule has 2 atom stereocenters. The average Bonchev–Trinajstić information content (AvgIpc) is 2.28. The summed E-state index contributed by atoms with van der Waals surface area (Å²) in [6, 6.07) is 8.18. The van der Waals surface area contributed by atoms with Gasteiger partial charge in [0.2, 0.25) is 0 Å². The molecular formula is C15H26N2O. The smallest absolute Gasteiger partial charge is 0.115 e. The molecule has 0 aromatic heterocycles. The van der Waals surface area contributed by atoms with Crippen LogP contribution in [0.1, 0.15) is 32.4 Å². The van der Waals surface area contributed by atoms with E-state index in [0.29, 0.717) is 17.7 Å². The van der Waals surface area contributed by atoms with Gasteiger partial charge in [-0.15, -0.1) is 0 Å². The number of phenolic OH excluding ortho intramolecular Hbond substituents is 1. The second-order valence-electron chi connectivity index (χ2n) is 5.59. The summed E-state index contributed by atoms with van der Waals surface area (Å²) in [5, 5.41) is 13.0. The fraction of sp³-hybridized carbons (Fsp3) is 0.600. The van der Waals surface area contributed by atoms with Crippen molar-refractivity contribution in [3.8, 4) is 5.75 Å². The molecule has 3 nitrogen and oxygen atoms in total. The first-order valence-electron chi connectivity index (χ1n) is 6.60. The van der Waals surface area contributed by atoms with E-state index < -0.39 is 0 Å². The fourth-order valence-electron chi connectivity index (χ4n) is 2.03. The minimum Gasteiger partial charge on any atom is -0.508 e. The fourth-order valence-corrected chi connectivity index (χ4v) is 2.03. The van der Waals surface area contributed by atoms with Gasteiger partial charge in [0.1, 0.15) is 5.75 Å². The van der Waals surface area contributed by atoms with Crippen LogP contribution in [0.3, 0.4) is 0 Å². The highest BCUT2D eigenvalue weighted by atomic mass is 16.3. The molecule has 1 aromatic carbocycles. The largest absolute Gasteiger partial charge is 0.508 e. The van der Waals surface area contributed by atoms with Gasteiger partial charge in [0.05, 0.1) is 0 Å². The molecule has 0 spiro atoms. The van der Waals surface area contributed by atoms with E-state index in [1.807, 2.05) is 12.1 Å². The number of rotatable bonds is 6. The highest BCUT2D eigenvalue weighted by molar-refractivity contribution is 5.27. The molecule has 0 heterocycles. The van der Waals surface area contributed by atoms with Crippen molar-refractivity contribution in [2.75, 3.05) is 20.6 Å². The van der Waals surface area contributed by atoms with Gasteiger partial charge in [-0.2, -0.15) is 0 Å². The molecule has 0 amide bonds. The summed E-state index contributed by atoms with van der Waals surface area (Å²) in [4.78, 5) is 2.21. The van der Waals surface area contributed by atoms with Crippen molar-refractivity contribution >= 4 is 0 Å². The van der Waals surface area contributed by atoms with Crippen LogP contribution < -0.4 is 5.32 Å². The number of hydrogen-bond acceptors (Lipinski definition) is 3. The Kier molecular flexibility index (Phi) is 5.63. The van der Waals surface area contributed by atoms with Gasteiger partial charge in [-0.3, -0.25) is 0 Å². The Labute approximate surface area is 111 Å². The SMILES string of the molecule is CC(NC(CN(C)C)C(C)C)c1ccc(O)cc1. The third-order valence-electron chi connectivity index (χ3n) is 3.22. The van der Waals surface area contributed by atoms with Crippen LogP contribution in [0.25, 0.3) is 0 Å². The highest BCUT2D eigenvalue weighted by Gasteiger charge is 2.17. The van der Waals surface area contributed by atoms with Crippen LogP contribution in [0.2, 0.25) is 0 Å². The summed E-state index contributed by atoms with van der Waals surface area (Å²) in [6.45, 7) is 7.67. The Balaban J connectivity index is 2.65. The summed E-state index contributed by atoms with van der Waals surface area (Å²) in [5.74, 6) is 0.909. The Morgan fingerprint density at radius 2 is 1.67 bits per heavy atom. The molecule has 0 aliphatic rings. The molecule has 1 aromatic rings. The predicted molar refractivity (Wildman–Crippen MR) is 76.8 cm³/mol. The van der Waals surface area contributed by atoms with Crippen molar-refractivity contribution < 1.29 is 5.11 Å². The van der Waals surface area contributed by atoms with Crippen LogP contribution in [0, 0.1) is 5.92 Å². The van der Waals surface area contributed by atoms with Gasteiger partial charge in [0, 0.05) is 18.6 Å². The lowest BCUT2D eigenvalue weighted by molar-refractivity contribution is 0.273. The molecule has 3 heteroatoms. The lowest BCUT2D eigenvalue weighted by atomic mass is 10.0. The molecule has 0 aliphatic heterocycles. The van der Waals surface area contributed by atoms with Crippen molar-refractivity contribution in [3.05, 3.63) is 29.8 Å². The molecule has 0 saturated heterocycles. The predicted octanol–water partition coefficient (Wildman–Crippen LogP) is 2.63. The third kappa shape index (κ3) is 4.67. The number of nitrogens with zero attached hydrogens (tertiary/aromatic N) is 1. The standard InChI is InChI=1S/C15H26N2O/c1-11(2)15(10-17(4)5)16-12(3)13-6-8-14(18)9-7-13/h6-9,11-12,15-16,18H,10H2,1-5H3. The van der Waals surface area contributed by atoms with E-state index in [1.165, 1.54) is 5.56 Å². The first-order valence-corrected chi connectivity index (χ1v) is 6.60. The van der Waals surface area contributed by atoms with Gasteiger partial charge in [-0.05, 0) is 44.6 Å². The molecule has 0 aliphatic carbocycles. The van der Waals surface area contributed by atoms with E-state index in [9.17, 15) is 5.11 Å². The first-order chi connectivity index (χ1) is 8.40. The molecule has 1 rings (SSSR count). The normalized spacial score (nSPS) is 15.1. The number of phenols is 1. The zero-order valence-corrected chi connectivity index (χ0v) is 12.1. The van der Waals surface area contributed by atoms with Gasteiger partial charge < -0.3 is 15.3 Å². The van der Waals surface area contributed by atoms with Crippen molar-refractivity contribution in [2.45, 2.75) is 32.9 Å². The number of likely N-dealkylation sites (N-methyl/N-ethyl adjacent to an activating group) is 1. The summed E-state index contributed by atoms with van der Waals surface area (Å²) in [5.41, 5.74) is 1.21. The quantitative estimate of drug-likeness (QED) is 0.814. The van der Waals surface area contributed by atoms with Crippen LogP contribution in [0.5, 0.6) is 5.75 Å². The zero-order valence-electron chi connectivity index (χ0n) is 12.1. The topological polar surface area (TPSA) is 35.5 Å². The van der Waals surface area contributed by atoms with Gasteiger partial charge in [0.25, 0.3) is 0 Å². The molecule has 102 valence electrons. The summed E-state index contributed by atoms with van der Waals surface area (Å²) in [6.07, 6.45) is 0. The lowest BCUT2D eigenvalue weighted by Gasteiger charge is -2.29. The molecule has 18 heavy (non-hydrogen) atoms. The Bertz CT molecular complexity index is 346. The third-order valence-corrected chi connectivity index (χ3v) is 3.22. The number of nitrogens with one attached hydrogen (secondary N) is 1. The molecule has 0 saturated carbocycles. The summed E-state index contributed by atoms with van der Waals surface area (Å²) in [7, 11) is 4.20. The molecule has 2 unspecified atom stereocenters. The molecule has 2 N–H and O–H groups in total. The van der Waals surface area contributed by atoms with E-state index in [2.05, 4.69) is 45.1 Å². The van der Waals surface area contributed by atoms with Gasteiger partial charge in [-0.25, -0.2) is 0 Å². The lowest BCUT2D eigenvalue weighted by Crippen LogP contribution is -2.43. The maximum atomic E-state index is 9.30. The second kappa shape index (κ2) is 6.76. The minimum atomic E-state index is 0.290. The molecule has 0 bridgehead atoms. The van der Waals surface area contributed by atoms with Crippen LogP contribution >= 0.6 is 0 Å².